The molecule has 1 atom stereocenters. The number of aryl methyl sites for hydroxylation is 1. The summed E-state index contributed by atoms with van der Waals surface area (Å²) in [5, 5.41) is 3.21. The molecule has 1 N–H and O–H groups in total. The number of anilines is 1. The number of carbonyl (C=O) groups is 1. The minimum absolute atomic E-state index is 0.0324. The molecule has 3 aromatic carbocycles. The molecule has 1 heterocycles. The van der Waals surface area contributed by atoms with Crippen LogP contribution in [0.5, 0.6) is 0 Å². The van der Waals surface area contributed by atoms with Crippen LogP contribution in [0.3, 0.4) is 0 Å². The van der Waals surface area contributed by atoms with Gasteiger partial charge in [-0.25, -0.2) is 0 Å². The molecule has 0 bridgehead atoms. The Hall–Kier alpha value is -3.37. The minimum Gasteiger partial charge on any atom is -0.369 e. The number of likely N-dealkylation sites (N-methyl/N-ethyl adjacent to an activating group) is 1. The summed E-state index contributed by atoms with van der Waals surface area (Å²) < 4.78 is 0. The number of piperazine rings is 1. The van der Waals surface area contributed by atoms with Crippen LogP contribution < -0.4 is 10.2 Å². The molecule has 0 saturated carbocycles. The van der Waals surface area contributed by atoms with E-state index in [0.717, 1.165) is 65.2 Å². The maximum absolute atomic E-state index is 13.2. The maximum Gasteiger partial charge on any atom is 0.252 e. The maximum atomic E-state index is 13.2. The summed E-state index contributed by atoms with van der Waals surface area (Å²) in [5.41, 5.74) is 7.30. The van der Waals surface area contributed by atoms with Crippen molar-refractivity contribution in [3.8, 4) is 11.1 Å². The van der Waals surface area contributed by atoms with Crippen LogP contribution in [0, 0.1) is 6.92 Å². The zero-order valence-electron chi connectivity index (χ0n) is 19.8. The van der Waals surface area contributed by atoms with Gasteiger partial charge in [-0.3, -0.25) is 4.79 Å². The molecular weight excluding hydrogens is 406 g/mol. The molecule has 1 aliphatic heterocycles. The molecule has 1 fully saturated rings. The van der Waals surface area contributed by atoms with Crippen molar-refractivity contribution < 1.29 is 4.79 Å². The quantitative estimate of drug-likeness (QED) is 0.547. The van der Waals surface area contributed by atoms with Crippen molar-refractivity contribution in [3.63, 3.8) is 0 Å². The Kier molecular flexibility index (Phi) is 6.95. The number of hydrogen-bond donors (Lipinski definition) is 1. The molecule has 33 heavy (non-hydrogen) atoms. The third-order valence-corrected chi connectivity index (χ3v) is 6.52. The predicted octanol–water partition coefficient (Wildman–Crippen LogP) is 5.55. The number of benzene rings is 3. The van der Waals surface area contributed by atoms with E-state index in [9.17, 15) is 4.79 Å². The Morgan fingerprint density at radius 2 is 1.67 bits per heavy atom. The molecule has 1 aliphatic rings. The Balaban J connectivity index is 1.51. The molecule has 0 aromatic heterocycles. The van der Waals surface area contributed by atoms with Crippen molar-refractivity contribution in [2.45, 2.75) is 19.9 Å². The van der Waals surface area contributed by atoms with Gasteiger partial charge in [0.05, 0.1) is 6.04 Å². The largest absolute Gasteiger partial charge is 0.369 e. The predicted molar refractivity (Wildman–Crippen MR) is 139 cm³/mol. The van der Waals surface area contributed by atoms with E-state index in [-0.39, 0.29) is 11.9 Å². The van der Waals surface area contributed by atoms with Crippen LogP contribution in [0.25, 0.3) is 17.2 Å². The molecule has 1 saturated heterocycles. The highest BCUT2D eigenvalue weighted by Crippen LogP contribution is 2.26. The summed E-state index contributed by atoms with van der Waals surface area (Å²) in [5.74, 6) is -0.0324. The fourth-order valence-corrected chi connectivity index (χ4v) is 4.31. The van der Waals surface area contributed by atoms with Crippen molar-refractivity contribution in [2.24, 2.45) is 0 Å². The number of nitrogens with one attached hydrogen (secondary N) is 1. The van der Waals surface area contributed by atoms with Gasteiger partial charge in [0.1, 0.15) is 0 Å². The van der Waals surface area contributed by atoms with E-state index >= 15 is 0 Å². The van der Waals surface area contributed by atoms with Gasteiger partial charge in [0.2, 0.25) is 0 Å². The van der Waals surface area contributed by atoms with Crippen LogP contribution in [-0.2, 0) is 0 Å². The number of hydrogen-bond acceptors (Lipinski definition) is 3. The molecule has 4 rings (SSSR count). The van der Waals surface area contributed by atoms with Crippen LogP contribution in [0.15, 0.2) is 73.3 Å². The van der Waals surface area contributed by atoms with E-state index in [0.29, 0.717) is 0 Å². The normalized spacial score (nSPS) is 15.2. The highest BCUT2D eigenvalue weighted by Gasteiger charge is 2.18. The Morgan fingerprint density at radius 1 is 0.970 bits per heavy atom. The SMILES string of the molecule is C=Cc1cccc(-c2cccc([C@@H](C)NC(=O)c3cc(N4CCN(C)CC4)ccc3C)c2)c1. The van der Waals surface area contributed by atoms with Gasteiger partial charge in [-0.05, 0) is 73.0 Å². The lowest BCUT2D eigenvalue weighted by Gasteiger charge is -2.34. The number of carbonyl (C=O) groups excluding carboxylic acids is 1. The van der Waals surface area contributed by atoms with Gasteiger partial charge in [-0.15, -0.1) is 0 Å². The van der Waals surface area contributed by atoms with Crippen LogP contribution in [0.4, 0.5) is 5.69 Å². The van der Waals surface area contributed by atoms with Gasteiger partial charge in [0, 0.05) is 37.4 Å². The molecule has 170 valence electrons. The molecule has 4 heteroatoms. The lowest BCUT2D eigenvalue weighted by atomic mass is 9.98. The van der Waals surface area contributed by atoms with Crippen molar-refractivity contribution in [1.29, 1.82) is 0 Å². The second-order valence-electron chi connectivity index (χ2n) is 8.94. The summed E-state index contributed by atoms with van der Waals surface area (Å²) >= 11 is 0. The lowest BCUT2D eigenvalue weighted by Crippen LogP contribution is -2.44. The van der Waals surface area contributed by atoms with Gasteiger partial charge in [-0.2, -0.15) is 0 Å². The highest BCUT2D eigenvalue weighted by atomic mass is 16.1. The fraction of sp³-hybridized carbons (Fsp3) is 0.276. The molecule has 0 aliphatic carbocycles. The van der Waals surface area contributed by atoms with Crippen LogP contribution in [-0.4, -0.2) is 44.0 Å². The molecule has 0 unspecified atom stereocenters. The average molecular weight is 440 g/mol. The van der Waals surface area contributed by atoms with Crippen molar-refractivity contribution in [1.82, 2.24) is 10.2 Å². The topological polar surface area (TPSA) is 35.6 Å². The highest BCUT2D eigenvalue weighted by molar-refractivity contribution is 5.97. The van der Waals surface area contributed by atoms with Crippen molar-refractivity contribution >= 4 is 17.7 Å². The second-order valence-corrected chi connectivity index (χ2v) is 8.94. The van der Waals surface area contributed by atoms with Crippen LogP contribution in [0.1, 0.15) is 40.0 Å². The molecule has 0 radical (unpaired) electrons. The smallest absolute Gasteiger partial charge is 0.252 e. The molecule has 3 aromatic rings. The Labute approximate surface area is 197 Å². The fourth-order valence-electron chi connectivity index (χ4n) is 4.31. The zero-order chi connectivity index (χ0) is 23.4. The first-order chi connectivity index (χ1) is 15.9. The van der Waals surface area contributed by atoms with Gasteiger partial charge < -0.3 is 15.1 Å². The summed E-state index contributed by atoms with van der Waals surface area (Å²) in [6, 6.07) is 22.8. The van der Waals surface area contributed by atoms with E-state index in [4.69, 9.17) is 0 Å². The average Bonchev–Trinajstić information content (AvgIpc) is 2.85. The van der Waals surface area contributed by atoms with Crippen LogP contribution in [0.2, 0.25) is 0 Å². The zero-order valence-corrected chi connectivity index (χ0v) is 19.8. The Bertz CT molecular complexity index is 1150. The van der Waals surface area contributed by atoms with E-state index in [1.54, 1.807) is 0 Å². The lowest BCUT2D eigenvalue weighted by molar-refractivity contribution is 0.0939. The van der Waals surface area contributed by atoms with E-state index < -0.39 is 0 Å². The summed E-state index contributed by atoms with van der Waals surface area (Å²) in [7, 11) is 2.15. The number of rotatable bonds is 6. The third-order valence-electron chi connectivity index (χ3n) is 6.52. The van der Waals surface area contributed by atoms with E-state index in [1.165, 1.54) is 0 Å². The third kappa shape index (κ3) is 5.35. The number of nitrogens with zero attached hydrogens (tertiary/aromatic N) is 2. The molecule has 1 amide bonds. The van der Waals surface area contributed by atoms with Gasteiger partial charge in [-0.1, -0.05) is 55.1 Å². The Morgan fingerprint density at radius 3 is 2.39 bits per heavy atom. The first-order valence-electron chi connectivity index (χ1n) is 11.6. The first kappa shape index (κ1) is 22.8. The summed E-state index contributed by atoms with van der Waals surface area (Å²) in [6.45, 7) is 12.0. The molecule has 4 nitrogen and oxygen atoms in total. The van der Waals surface area contributed by atoms with E-state index in [1.807, 2.05) is 44.2 Å². The van der Waals surface area contributed by atoms with Crippen molar-refractivity contribution in [2.75, 3.05) is 38.1 Å². The molecule has 0 spiro atoms. The second kappa shape index (κ2) is 10.1. The van der Waals surface area contributed by atoms with Gasteiger partial charge in [0.25, 0.3) is 5.91 Å². The van der Waals surface area contributed by atoms with Gasteiger partial charge >= 0.3 is 0 Å². The first-order valence-corrected chi connectivity index (χ1v) is 11.6. The van der Waals surface area contributed by atoms with Crippen LogP contribution >= 0.6 is 0 Å². The molecular formula is C29H33N3O. The summed E-state index contributed by atoms with van der Waals surface area (Å²) in [4.78, 5) is 17.9. The number of amides is 1. The van der Waals surface area contributed by atoms with Crippen molar-refractivity contribution in [3.05, 3.63) is 95.6 Å². The van der Waals surface area contributed by atoms with E-state index in [2.05, 4.69) is 71.2 Å². The standard InChI is InChI=1S/C29H33N3O/c1-5-23-8-6-10-25(18-23)26-11-7-9-24(19-26)22(3)30-29(33)28-20-27(13-12-21(28)2)32-16-14-31(4)15-17-32/h5-13,18-20,22H,1,14-17H2,2-4H3,(H,30,33)/t22-/m1/s1. The monoisotopic (exact) mass is 439 g/mol. The summed E-state index contributed by atoms with van der Waals surface area (Å²) in [6.07, 6.45) is 1.86. The minimum atomic E-state index is -0.105. The van der Waals surface area contributed by atoms with Gasteiger partial charge in [0.15, 0.2) is 0 Å².